The monoisotopic (exact) mass is 380 g/mol. The summed E-state index contributed by atoms with van der Waals surface area (Å²) in [6.07, 6.45) is 3.50. The summed E-state index contributed by atoms with van der Waals surface area (Å²) in [6, 6.07) is 4.58. The summed E-state index contributed by atoms with van der Waals surface area (Å²) in [5.41, 5.74) is 0.591. The van der Waals surface area contributed by atoms with Gasteiger partial charge in [-0.1, -0.05) is 6.07 Å². The Morgan fingerprint density at radius 2 is 2.08 bits per heavy atom. The second-order valence-electron chi connectivity index (χ2n) is 7.10. The maximum absolute atomic E-state index is 12.7. The molecule has 0 amide bonds. The number of nitrogens with zero attached hydrogens (tertiary/aromatic N) is 3. The molecule has 9 nitrogen and oxygen atoms in total. The lowest BCUT2D eigenvalue weighted by atomic mass is 9.86. The number of sulfonamides is 1. The van der Waals surface area contributed by atoms with Crippen molar-refractivity contribution in [1.29, 1.82) is 0 Å². The van der Waals surface area contributed by atoms with Crippen LogP contribution >= 0.6 is 0 Å². The second kappa shape index (κ2) is 6.60. The summed E-state index contributed by atoms with van der Waals surface area (Å²) in [5.74, 6) is -0.262. The van der Waals surface area contributed by atoms with Gasteiger partial charge in [0.15, 0.2) is 5.52 Å². The fraction of sp³-hybridized carbons (Fsp3) is 0.562. The molecule has 0 spiro atoms. The number of carboxylic acids is 1. The molecule has 140 valence electrons. The van der Waals surface area contributed by atoms with Crippen LogP contribution in [0, 0.1) is 5.92 Å². The number of aromatic nitrogens is 2. The standard InChI is InChI=1S/C16H20N4O5S/c21-15(22)9-20(8-10-4-5-10)12-6-11(7-12)19-26(23,24)14-3-1-2-13-16(14)18-25-17-13/h1-3,10-12,19H,4-9H2,(H,21,22). The van der Waals surface area contributed by atoms with Crippen molar-refractivity contribution in [1.82, 2.24) is 19.9 Å². The number of hydrogen-bond donors (Lipinski definition) is 2. The molecule has 4 rings (SSSR count). The van der Waals surface area contributed by atoms with Gasteiger partial charge < -0.3 is 5.11 Å². The zero-order valence-electron chi connectivity index (χ0n) is 14.0. The van der Waals surface area contributed by atoms with E-state index >= 15 is 0 Å². The van der Waals surface area contributed by atoms with Crippen molar-refractivity contribution >= 4 is 27.0 Å². The Morgan fingerprint density at radius 3 is 2.77 bits per heavy atom. The van der Waals surface area contributed by atoms with Crippen molar-refractivity contribution in [3.63, 3.8) is 0 Å². The first-order valence-electron chi connectivity index (χ1n) is 8.62. The summed E-state index contributed by atoms with van der Waals surface area (Å²) >= 11 is 0. The highest BCUT2D eigenvalue weighted by molar-refractivity contribution is 7.89. The molecule has 0 saturated heterocycles. The maximum Gasteiger partial charge on any atom is 0.317 e. The van der Waals surface area contributed by atoms with Crippen LogP contribution in [0.25, 0.3) is 11.0 Å². The van der Waals surface area contributed by atoms with Crippen molar-refractivity contribution < 1.29 is 22.9 Å². The molecule has 10 heteroatoms. The summed E-state index contributed by atoms with van der Waals surface area (Å²) < 4.78 is 32.6. The molecule has 0 aliphatic heterocycles. The van der Waals surface area contributed by atoms with Gasteiger partial charge in [-0.3, -0.25) is 9.69 Å². The molecule has 0 radical (unpaired) electrons. The van der Waals surface area contributed by atoms with E-state index in [1.54, 1.807) is 12.1 Å². The van der Waals surface area contributed by atoms with E-state index in [0.717, 1.165) is 19.4 Å². The summed E-state index contributed by atoms with van der Waals surface area (Å²) in [4.78, 5) is 13.1. The molecule has 0 unspecified atom stereocenters. The molecular weight excluding hydrogens is 360 g/mol. The van der Waals surface area contributed by atoms with Gasteiger partial charge in [-0.05, 0) is 54.0 Å². The smallest absolute Gasteiger partial charge is 0.317 e. The lowest BCUT2D eigenvalue weighted by Crippen LogP contribution is -2.55. The van der Waals surface area contributed by atoms with E-state index in [4.69, 9.17) is 5.11 Å². The number of carbonyl (C=O) groups is 1. The molecule has 2 aromatic rings. The Morgan fingerprint density at radius 1 is 1.31 bits per heavy atom. The Labute approximate surface area is 150 Å². The highest BCUT2D eigenvalue weighted by Crippen LogP contribution is 2.34. The van der Waals surface area contributed by atoms with Crippen LogP contribution in [-0.4, -0.2) is 59.9 Å². The Balaban J connectivity index is 1.41. The van der Waals surface area contributed by atoms with Crippen LogP contribution in [0.1, 0.15) is 25.7 Å². The number of hydrogen-bond acceptors (Lipinski definition) is 7. The highest BCUT2D eigenvalue weighted by Gasteiger charge is 2.39. The number of rotatable bonds is 8. The topological polar surface area (TPSA) is 126 Å². The van der Waals surface area contributed by atoms with Gasteiger partial charge in [-0.15, -0.1) is 0 Å². The number of carboxylic acid groups (broad SMARTS) is 1. The Bertz CT molecular complexity index is 918. The number of benzene rings is 1. The average Bonchev–Trinajstić information content (AvgIpc) is 3.21. The highest BCUT2D eigenvalue weighted by atomic mass is 32.2. The molecule has 2 saturated carbocycles. The van der Waals surface area contributed by atoms with Crippen molar-refractivity contribution in [2.75, 3.05) is 13.1 Å². The van der Waals surface area contributed by atoms with E-state index in [1.807, 2.05) is 4.90 Å². The van der Waals surface area contributed by atoms with Gasteiger partial charge in [-0.2, -0.15) is 0 Å². The second-order valence-corrected chi connectivity index (χ2v) is 8.78. The van der Waals surface area contributed by atoms with E-state index in [9.17, 15) is 13.2 Å². The number of aliphatic carboxylic acids is 1. The van der Waals surface area contributed by atoms with Crippen LogP contribution in [0.4, 0.5) is 0 Å². The van der Waals surface area contributed by atoms with Crippen LogP contribution in [-0.2, 0) is 14.8 Å². The van der Waals surface area contributed by atoms with Gasteiger partial charge in [0, 0.05) is 18.6 Å². The SMILES string of the molecule is O=C(O)CN(CC1CC1)C1CC(NS(=O)(=O)c2cccc3nonc23)C1. The van der Waals surface area contributed by atoms with Crippen molar-refractivity contribution in [3.8, 4) is 0 Å². The quantitative estimate of drug-likeness (QED) is 0.690. The fourth-order valence-electron chi connectivity index (χ4n) is 3.41. The normalized spacial score (nSPS) is 23.3. The number of fused-ring (bicyclic) bond motifs is 1. The maximum atomic E-state index is 12.7. The molecule has 0 bridgehead atoms. The average molecular weight is 380 g/mol. The van der Waals surface area contributed by atoms with Crippen molar-refractivity contribution in [2.45, 2.75) is 42.7 Å². The molecule has 2 N–H and O–H groups in total. The van der Waals surface area contributed by atoms with Crippen LogP contribution in [0.3, 0.4) is 0 Å². The van der Waals surface area contributed by atoms with Gasteiger partial charge >= 0.3 is 5.97 Å². The molecule has 1 aromatic carbocycles. The van der Waals surface area contributed by atoms with Crippen LogP contribution in [0.5, 0.6) is 0 Å². The van der Waals surface area contributed by atoms with Gasteiger partial charge in [-0.25, -0.2) is 17.8 Å². The third kappa shape index (κ3) is 3.57. The van der Waals surface area contributed by atoms with E-state index < -0.39 is 16.0 Å². The summed E-state index contributed by atoms with van der Waals surface area (Å²) in [6.45, 7) is 0.783. The molecular formula is C16H20N4O5S. The lowest BCUT2D eigenvalue weighted by molar-refractivity contribution is -0.139. The predicted molar refractivity (Wildman–Crippen MR) is 90.9 cm³/mol. The third-order valence-corrected chi connectivity index (χ3v) is 6.57. The van der Waals surface area contributed by atoms with Gasteiger partial charge in [0.05, 0.1) is 6.54 Å². The van der Waals surface area contributed by atoms with Crippen molar-refractivity contribution in [3.05, 3.63) is 18.2 Å². The fourth-order valence-corrected chi connectivity index (χ4v) is 4.82. The van der Waals surface area contributed by atoms with Gasteiger partial charge in [0.2, 0.25) is 10.0 Å². The van der Waals surface area contributed by atoms with E-state index in [0.29, 0.717) is 24.3 Å². The molecule has 1 heterocycles. The van der Waals surface area contributed by atoms with Crippen LogP contribution in [0.15, 0.2) is 27.7 Å². The minimum absolute atomic E-state index is 0.00452. The van der Waals surface area contributed by atoms with Crippen LogP contribution in [0.2, 0.25) is 0 Å². The first kappa shape index (κ1) is 17.4. The Hall–Kier alpha value is -2.04. The van der Waals surface area contributed by atoms with Crippen molar-refractivity contribution in [2.24, 2.45) is 5.92 Å². The van der Waals surface area contributed by atoms with Crippen LogP contribution < -0.4 is 4.72 Å². The first-order chi connectivity index (χ1) is 12.4. The van der Waals surface area contributed by atoms with Gasteiger partial charge in [0.25, 0.3) is 0 Å². The van der Waals surface area contributed by atoms with E-state index in [1.165, 1.54) is 6.07 Å². The number of nitrogens with one attached hydrogen (secondary N) is 1. The summed E-state index contributed by atoms with van der Waals surface area (Å²) in [5, 5.41) is 16.4. The summed E-state index contributed by atoms with van der Waals surface area (Å²) in [7, 11) is -3.75. The van der Waals surface area contributed by atoms with E-state index in [-0.39, 0.29) is 29.0 Å². The van der Waals surface area contributed by atoms with Gasteiger partial charge in [0.1, 0.15) is 10.4 Å². The first-order valence-corrected chi connectivity index (χ1v) is 10.1. The molecule has 0 atom stereocenters. The molecule has 26 heavy (non-hydrogen) atoms. The van der Waals surface area contributed by atoms with E-state index in [2.05, 4.69) is 19.7 Å². The third-order valence-electron chi connectivity index (χ3n) is 5.02. The Kier molecular flexibility index (Phi) is 4.41. The zero-order chi connectivity index (χ0) is 18.3. The minimum Gasteiger partial charge on any atom is -0.480 e. The molecule has 2 fully saturated rings. The molecule has 2 aliphatic carbocycles. The molecule has 1 aromatic heterocycles. The zero-order valence-corrected chi connectivity index (χ0v) is 14.9. The largest absolute Gasteiger partial charge is 0.480 e. The predicted octanol–water partition coefficient (Wildman–Crippen LogP) is 0.829. The minimum atomic E-state index is -3.75. The molecule has 2 aliphatic rings. The lowest BCUT2D eigenvalue weighted by Gasteiger charge is -2.42.